The maximum Gasteiger partial charge on any atom is 0.137 e. The minimum Gasteiger partial charge on any atom is -0.393 e. The van der Waals surface area contributed by atoms with Gasteiger partial charge in [-0.3, -0.25) is 0 Å². The molecule has 3 heterocycles. The van der Waals surface area contributed by atoms with E-state index in [2.05, 4.69) is 24.2 Å². The molecule has 6 heteroatoms. The summed E-state index contributed by atoms with van der Waals surface area (Å²) in [5.74, 6) is 2.31. The van der Waals surface area contributed by atoms with Crippen LogP contribution in [0.5, 0.6) is 0 Å². The molecule has 0 atom stereocenters. The van der Waals surface area contributed by atoms with Crippen molar-refractivity contribution in [2.45, 2.75) is 89.2 Å². The third-order valence-corrected chi connectivity index (χ3v) is 6.90. The molecule has 0 radical (unpaired) electrons. The van der Waals surface area contributed by atoms with Crippen molar-refractivity contribution in [1.82, 2.24) is 19.9 Å². The molecule has 1 saturated carbocycles. The van der Waals surface area contributed by atoms with Crippen LogP contribution in [-0.2, 0) is 6.42 Å². The fraction of sp³-hybridized carbons (Fsp3) is 0.708. The maximum absolute atomic E-state index is 9.94. The molecule has 2 aliphatic rings. The summed E-state index contributed by atoms with van der Waals surface area (Å²) in [6.45, 7) is 4.47. The molecule has 1 aliphatic heterocycles. The van der Waals surface area contributed by atoms with Crippen LogP contribution in [0.4, 0.5) is 5.82 Å². The van der Waals surface area contributed by atoms with Crippen molar-refractivity contribution < 1.29 is 5.11 Å². The van der Waals surface area contributed by atoms with Crippen molar-refractivity contribution in [1.29, 1.82) is 0 Å². The van der Waals surface area contributed by atoms with Crippen molar-refractivity contribution in [2.24, 2.45) is 0 Å². The fourth-order valence-corrected chi connectivity index (χ4v) is 4.88. The van der Waals surface area contributed by atoms with E-state index in [0.29, 0.717) is 12.0 Å². The maximum atomic E-state index is 9.94. The highest BCUT2D eigenvalue weighted by Crippen LogP contribution is 2.37. The molecule has 2 fully saturated rings. The zero-order valence-corrected chi connectivity index (χ0v) is 18.6. The Labute approximate surface area is 180 Å². The average molecular weight is 412 g/mol. The van der Waals surface area contributed by atoms with E-state index < -0.39 is 0 Å². The summed E-state index contributed by atoms with van der Waals surface area (Å²) in [4.78, 5) is 17.0. The summed E-state index contributed by atoms with van der Waals surface area (Å²) < 4.78 is 0. The number of hydrogen-bond donors (Lipinski definition) is 2. The second kappa shape index (κ2) is 10.0. The van der Waals surface area contributed by atoms with Crippen molar-refractivity contribution in [3.05, 3.63) is 23.8 Å². The molecule has 6 nitrogen and oxygen atoms in total. The van der Waals surface area contributed by atoms with Gasteiger partial charge in [-0.05, 0) is 71.0 Å². The average Bonchev–Trinajstić information content (AvgIpc) is 2.76. The molecule has 0 amide bonds. The van der Waals surface area contributed by atoms with Gasteiger partial charge < -0.3 is 15.3 Å². The molecule has 0 aromatic carbocycles. The lowest BCUT2D eigenvalue weighted by molar-refractivity contribution is 0.122. The first-order chi connectivity index (χ1) is 14.6. The number of pyridine rings is 1. The molecule has 30 heavy (non-hydrogen) atoms. The fourth-order valence-electron chi connectivity index (χ4n) is 4.88. The molecule has 0 spiro atoms. The predicted molar refractivity (Wildman–Crippen MR) is 122 cm³/mol. The SMILES string of the molecule is CCCCCc1ncc2c(NC3CCN(C)CC3)ncc(C3CCC(O)CC3)c2n1. The van der Waals surface area contributed by atoms with Crippen molar-refractivity contribution in [3.8, 4) is 0 Å². The molecule has 0 unspecified atom stereocenters. The minimum absolute atomic E-state index is 0.148. The molecule has 1 saturated heterocycles. The van der Waals surface area contributed by atoms with E-state index in [9.17, 15) is 5.11 Å². The van der Waals surface area contributed by atoms with Gasteiger partial charge in [-0.1, -0.05) is 19.8 Å². The van der Waals surface area contributed by atoms with E-state index in [1.807, 2.05) is 12.4 Å². The number of likely N-dealkylation sites (tertiary alicyclic amines) is 1. The minimum atomic E-state index is -0.148. The lowest BCUT2D eigenvalue weighted by Gasteiger charge is -2.30. The lowest BCUT2D eigenvalue weighted by Crippen LogP contribution is -2.36. The second-order valence-electron chi connectivity index (χ2n) is 9.30. The summed E-state index contributed by atoms with van der Waals surface area (Å²) in [7, 11) is 2.19. The number of fused-ring (bicyclic) bond motifs is 1. The predicted octanol–water partition coefficient (Wildman–Crippen LogP) is 4.28. The van der Waals surface area contributed by atoms with E-state index in [-0.39, 0.29) is 6.10 Å². The molecule has 1 aliphatic carbocycles. The molecule has 164 valence electrons. The largest absolute Gasteiger partial charge is 0.393 e. The second-order valence-corrected chi connectivity index (χ2v) is 9.30. The van der Waals surface area contributed by atoms with E-state index in [4.69, 9.17) is 15.0 Å². The van der Waals surface area contributed by atoms with E-state index in [1.54, 1.807) is 0 Å². The van der Waals surface area contributed by atoms with Gasteiger partial charge in [-0.25, -0.2) is 15.0 Å². The molecule has 2 aromatic heterocycles. The van der Waals surface area contributed by atoms with Gasteiger partial charge in [-0.2, -0.15) is 0 Å². The molecule has 2 N–H and O–H groups in total. The number of nitrogens with zero attached hydrogens (tertiary/aromatic N) is 4. The van der Waals surface area contributed by atoms with Crippen LogP contribution in [0.2, 0.25) is 0 Å². The Balaban J connectivity index is 1.63. The number of hydrogen-bond acceptors (Lipinski definition) is 6. The van der Waals surface area contributed by atoms with Crippen LogP contribution in [0, 0.1) is 0 Å². The van der Waals surface area contributed by atoms with Gasteiger partial charge in [0.05, 0.1) is 17.0 Å². The summed E-state index contributed by atoms with van der Waals surface area (Å²) >= 11 is 0. The van der Waals surface area contributed by atoms with Crippen LogP contribution < -0.4 is 5.32 Å². The number of aryl methyl sites for hydroxylation is 1. The molecular weight excluding hydrogens is 374 g/mol. The summed E-state index contributed by atoms with van der Waals surface area (Å²) in [5.41, 5.74) is 2.31. The van der Waals surface area contributed by atoms with Crippen molar-refractivity contribution in [2.75, 3.05) is 25.5 Å². The Kier molecular flexibility index (Phi) is 7.16. The highest BCUT2D eigenvalue weighted by atomic mass is 16.3. The Hall–Kier alpha value is -1.79. The number of aliphatic hydroxyl groups excluding tert-OH is 1. The van der Waals surface area contributed by atoms with E-state index in [0.717, 1.165) is 87.0 Å². The van der Waals surface area contributed by atoms with Gasteiger partial charge in [0, 0.05) is 30.4 Å². The standard InChI is InChI=1S/C24H37N5O/c1-3-4-5-6-22-25-16-21-23(28-22)20(17-7-9-19(30)10-8-17)15-26-24(21)27-18-11-13-29(2)14-12-18/h15-19,30H,3-14H2,1-2H3,(H,26,27). The van der Waals surface area contributed by atoms with Crippen LogP contribution in [-0.4, -0.2) is 57.2 Å². The van der Waals surface area contributed by atoms with Gasteiger partial charge in [0.25, 0.3) is 0 Å². The van der Waals surface area contributed by atoms with Gasteiger partial charge >= 0.3 is 0 Å². The highest BCUT2D eigenvalue weighted by molar-refractivity contribution is 5.91. The first kappa shape index (κ1) is 21.4. The zero-order chi connectivity index (χ0) is 20.9. The number of aliphatic hydroxyl groups is 1. The first-order valence-electron chi connectivity index (χ1n) is 11.9. The van der Waals surface area contributed by atoms with Gasteiger partial charge in [0.15, 0.2) is 0 Å². The van der Waals surface area contributed by atoms with Gasteiger partial charge in [0.2, 0.25) is 0 Å². The van der Waals surface area contributed by atoms with Crippen molar-refractivity contribution in [3.63, 3.8) is 0 Å². The number of nitrogens with one attached hydrogen (secondary N) is 1. The monoisotopic (exact) mass is 411 g/mol. The topological polar surface area (TPSA) is 74.2 Å². The normalized spacial score (nSPS) is 23.7. The van der Waals surface area contributed by atoms with Crippen LogP contribution in [0.1, 0.15) is 82.0 Å². The van der Waals surface area contributed by atoms with Crippen LogP contribution in [0.3, 0.4) is 0 Å². The third-order valence-electron chi connectivity index (χ3n) is 6.90. The quantitative estimate of drug-likeness (QED) is 0.663. The summed E-state index contributed by atoms with van der Waals surface area (Å²) in [5, 5.41) is 14.7. The molecule has 2 aromatic rings. The Morgan fingerprint density at radius 2 is 1.80 bits per heavy atom. The van der Waals surface area contributed by atoms with E-state index in [1.165, 1.54) is 18.4 Å². The third kappa shape index (κ3) is 5.09. The van der Waals surface area contributed by atoms with Crippen LogP contribution in [0.15, 0.2) is 12.4 Å². The van der Waals surface area contributed by atoms with Gasteiger partial charge in [0.1, 0.15) is 11.6 Å². The number of anilines is 1. The van der Waals surface area contributed by atoms with Crippen LogP contribution >= 0.6 is 0 Å². The smallest absolute Gasteiger partial charge is 0.137 e. The van der Waals surface area contributed by atoms with E-state index >= 15 is 0 Å². The Morgan fingerprint density at radius 1 is 1.03 bits per heavy atom. The lowest BCUT2D eigenvalue weighted by atomic mass is 9.82. The summed E-state index contributed by atoms with van der Waals surface area (Å²) in [6, 6.07) is 0.455. The number of unbranched alkanes of at least 4 members (excludes halogenated alkanes) is 2. The van der Waals surface area contributed by atoms with Crippen molar-refractivity contribution >= 4 is 16.7 Å². The summed E-state index contributed by atoms with van der Waals surface area (Å²) in [6.07, 6.45) is 14.4. The molecule has 4 rings (SSSR count). The van der Waals surface area contributed by atoms with Gasteiger partial charge in [-0.15, -0.1) is 0 Å². The zero-order valence-electron chi connectivity index (χ0n) is 18.6. The van der Waals surface area contributed by atoms with Crippen LogP contribution in [0.25, 0.3) is 10.9 Å². The number of piperidine rings is 1. The molecule has 0 bridgehead atoms. The Bertz CT molecular complexity index is 826. The molecular formula is C24H37N5O. The first-order valence-corrected chi connectivity index (χ1v) is 11.9. The highest BCUT2D eigenvalue weighted by Gasteiger charge is 2.25. The Morgan fingerprint density at radius 3 is 2.53 bits per heavy atom. The number of aromatic nitrogens is 3. The number of rotatable bonds is 7.